The average molecular weight is 545 g/mol. The van der Waals surface area contributed by atoms with Crippen molar-refractivity contribution in [2.45, 2.75) is 44.6 Å². The molecule has 0 saturated carbocycles. The third-order valence-electron chi connectivity index (χ3n) is 5.68. The first-order valence-electron chi connectivity index (χ1n) is 11.5. The van der Waals surface area contributed by atoms with Crippen molar-refractivity contribution < 1.29 is 45.8 Å². The number of halogens is 3. The van der Waals surface area contributed by atoms with E-state index in [1.807, 2.05) is 0 Å². The van der Waals surface area contributed by atoms with Crippen molar-refractivity contribution in [1.29, 1.82) is 0 Å². The smallest absolute Gasteiger partial charge is 0.418 e. The molecule has 8 nitrogen and oxygen atoms in total. The molecule has 0 bridgehead atoms. The van der Waals surface area contributed by atoms with Crippen LogP contribution in [-0.2, 0) is 29.5 Å². The molecule has 0 aromatic heterocycles. The molecule has 0 spiro atoms. The monoisotopic (exact) mass is 545 g/mol. The second-order valence-corrected chi connectivity index (χ2v) is 10.3. The first kappa shape index (κ1) is 30.5. The molecule has 1 unspecified atom stereocenters. The van der Waals surface area contributed by atoms with Gasteiger partial charge in [0.05, 0.1) is 38.6 Å². The normalized spacial score (nSPS) is 13.6. The van der Waals surface area contributed by atoms with Crippen molar-refractivity contribution in [1.82, 2.24) is 0 Å². The van der Waals surface area contributed by atoms with Gasteiger partial charge in [-0.25, -0.2) is 9.59 Å². The van der Waals surface area contributed by atoms with Gasteiger partial charge in [0.15, 0.2) is 0 Å². The van der Waals surface area contributed by atoms with Crippen LogP contribution in [0.2, 0.25) is 0 Å². The Morgan fingerprint density at radius 3 is 2.00 bits per heavy atom. The summed E-state index contributed by atoms with van der Waals surface area (Å²) in [5.74, 6) is -1.60. The number of benzene rings is 2. The van der Waals surface area contributed by atoms with Crippen molar-refractivity contribution >= 4 is 19.5 Å². The lowest BCUT2D eigenvalue weighted by Crippen LogP contribution is -2.53. The third-order valence-corrected chi connectivity index (χ3v) is 8.33. The van der Waals surface area contributed by atoms with E-state index in [-0.39, 0.29) is 37.2 Å². The number of rotatable bonds is 12. The quantitative estimate of drug-likeness (QED) is 0.266. The van der Waals surface area contributed by atoms with Gasteiger partial charge < -0.3 is 24.3 Å². The molecule has 0 aliphatic heterocycles. The highest BCUT2D eigenvalue weighted by Crippen LogP contribution is 2.64. The number of esters is 2. The highest BCUT2D eigenvalue weighted by molar-refractivity contribution is 7.55. The Balaban J connectivity index is 2.54. The van der Waals surface area contributed by atoms with Crippen LogP contribution in [0.15, 0.2) is 42.5 Å². The Labute approximate surface area is 213 Å². The molecule has 0 aliphatic rings. The predicted molar refractivity (Wildman–Crippen MR) is 131 cm³/mol. The van der Waals surface area contributed by atoms with Crippen LogP contribution in [0.5, 0.6) is 0 Å². The minimum Gasteiger partial charge on any atom is -0.465 e. The molecule has 37 heavy (non-hydrogen) atoms. The summed E-state index contributed by atoms with van der Waals surface area (Å²) in [5.41, 5.74) is 6.93. The molecule has 2 rings (SSSR count). The number of carbonyl (C=O) groups is 2. The molecule has 1 atom stereocenters. The van der Waals surface area contributed by atoms with E-state index in [0.29, 0.717) is 16.7 Å². The van der Waals surface area contributed by atoms with Crippen LogP contribution < -0.4 is 5.73 Å². The number of hydrogen-bond donors (Lipinski definition) is 1. The lowest BCUT2D eigenvalue weighted by Gasteiger charge is -2.37. The summed E-state index contributed by atoms with van der Waals surface area (Å²) in [7, 11) is -2.47. The molecule has 0 saturated heterocycles. The molecular weight excluding hydrogens is 514 g/mol. The van der Waals surface area contributed by atoms with Gasteiger partial charge in [-0.3, -0.25) is 4.57 Å². The van der Waals surface area contributed by atoms with Crippen LogP contribution in [0.3, 0.4) is 0 Å². The maximum absolute atomic E-state index is 14.1. The topological polar surface area (TPSA) is 114 Å². The van der Waals surface area contributed by atoms with E-state index in [0.717, 1.165) is 7.11 Å². The van der Waals surface area contributed by atoms with Gasteiger partial charge in [-0.2, -0.15) is 13.2 Å². The Morgan fingerprint density at radius 2 is 1.51 bits per heavy atom. The molecule has 2 aromatic rings. The summed E-state index contributed by atoms with van der Waals surface area (Å²) in [6.07, 6.45) is -6.06. The fourth-order valence-corrected chi connectivity index (χ4v) is 5.85. The first-order chi connectivity index (χ1) is 17.4. The molecule has 0 amide bonds. The molecule has 2 N–H and O–H groups in total. The van der Waals surface area contributed by atoms with Crippen molar-refractivity contribution in [3.05, 3.63) is 59.2 Å². The highest BCUT2D eigenvalue weighted by Gasteiger charge is 2.65. The number of ether oxygens (including phenoxy) is 2. The molecule has 204 valence electrons. The van der Waals surface area contributed by atoms with Crippen LogP contribution in [0.25, 0.3) is 11.1 Å². The SMILES string of the molecule is CCOP(=O)(OCC)C(N)(CCCc1cc(C(=O)OC)c(C(=O)OC)c(-c2ccccc2)c1)C(F)(F)F. The number of aryl methyl sites for hydroxylation is 1. The van der Waals surface area contributed by atoms with E-state index >= 15 is 0 Å². The van der Waals surface area contributed by atoms with Gasteiger partial charge in [-0.1, -0.05) is 36.4 Å². The number of carbonyl (C=O) groups excluding carboxylic acids is 2. The number of alkyl halides is 3. The van der Waals surface area contributed by atoms with Crippen LogP contribution in [0.1, 0.15) is 53.0 Å². The van der Waals surface area contributed by atoms with Crippen molar-refractivity contribution in [2.75, 3.05) is 27.4 Å². The maximum atomic E-state index is 14.1. The number of methoxy groups -OCH3 is 2. The van der Waals surface area contributed by atoms with Crippen LogP contribution in [-0.4, -0.2) is 50.8 Å². The van der Waals surface area contributed by atoms with Gasteiger partial charge in [0.2, 0.25) is 5.28 Å². The van der Waals surface area contributed by atoms with Crippen LogP contribution in [0, 0.1) is 0 Å². The summed E-state index contributed by atoms with van der Waals surface area (Å²) >= 11 is 0. The van der Waals surface area contributed by atoms with Crippen molar-refractivity contribution in [3.63, 3.8) is 0 Å². The van der Waals surface area contributed by atoms with Gasteiger partial charge >= 0.3 is 25.7 Å². The zero-order valence-electron chi connectivity index (χ0n) is 21.1. The first-order valence-corrected chi connectivity index (χ1v) is 13.1. The average Bonchev–Trinajstić information content (AvgIpc) is 2.87. The predicted octanol–water partition coefficient (Wildman–Crippen LogP) is 5.73. The molecule has 12 heteroatoms. The van der Waals surface area contributed by atoms with E-state index in [1.54, 1.807) is 36.4 Å². The largest absolute Gasteiger partial charge is 0.465 e. The summed E-state index contributed by atoms with van der Waals surface area (Å²) in [5, 5.41) is -3.24. The highest BCUT2D eigenvalue weighted by atomic mass is 31.2. The Kier molecular flexibility index (Phi) is 10.5. The summed E-state index contributed by atoms with van der Waals surface area (Å²) in [4.78, 5) is 25.2. The third kappa shape index (κ3) is 6.59. The summed E-state index contributed by atoms with van der Waals surface area (Å²) in [6, 6.07) is 11.6. The van der Waals surface area contributed by atoms with E-state index in [2.05, 4.69) is 0 Å². The van der Waals surface area contributed by atoms with E-state index in [9.17, 15) is 27.3 Å². The zero-order chi connectivity index (χ0) is 27.9. The van der Waals surface area contributed by atoms with Crippen LogP contribution in [0.4, 0.5) is 13.2 Å². The Hall–Kier alpha value is -2.72. The van der Waals surface area contributed by atoms with E-state index in [1.165, 1.54) is 27.0 Å². The second kappa shape index (κ2) is 12.7. The molecule has 0 aliphatic carbocycles. The van der Waals surface area contributed by atoms with Gasteiger partial charge in [0.25, 0.3) is 0 Å². The van der Waals surface area contributed by atoms with E-state index in [4.69, 9.17) is 24.3 Å². The number of hydrogen-bond acceptors (Lipinski definition) is 8. The van der Waals surface area contributed by atoms with Gasteiger partial charge in [-0.05, 0) is 55.9 Å². The zero-order valence-corrected chi connectivity index (χ0v) is 22.0. The number of nitrogens with two attached hydrogens (primary N) is 1. The van der Waals surface area contributed by atoms with Gasteiger partial charge in [-0.15, -0.1) is 0 Å². The van der Waals surface area contributed by atoms with E-state index < -0.39 is 37.4 Å². The fourth-order valence-electron chi connectivity index (χ4n) is 3.89. The van der Waals surface area contributed by atoms with Crippen molar-refractivity contribution in [3.8, 4) is 11.1 Å². The minimum atomic E-state index is -5.09. The second-order valence-electron chi connectivity index (χ2n) is 8.02. The van der Waals surface area contributed by atoms with Gasteiger partial charge in [0, 0.05) is 0 Å². The van der Waals surface area contributed by atoms with Crippen molar-refractivity contribution in [2.24, 2.45) is 5.73 Å². The molecule has 0 heterocycles. The van der Waals surface area contributed by atoms with Gasteiger partial charge in [0.1, 0.15) is 0 Å². The summed E-state index contributed by atoms with van der Waals surface area (Å²) < 4.78 is 74.9. The maximum Gasteiger partial charge on any atom is 0.418 e. The molecule has 0 fully saturated rings. The lowest BCUT2D eigenvalue weighted by molar-refractivity contribution is -0.169. The Morgan fingerprint density at radius 1 is 0.946 bits per heavy atom. The lowest BCUT2D eigenvalue weighted by atomic mass is 9.91. The fraction of sp³-hybridized carbons (Fsp3) is 0.440. The minimum absolute atomic E-state index is 0.00143. The van der Waals surface area contributed by atoms with Crippen LogP contribution >= 0.6 is 7.60 Å². The standard InChI is InChI=1S/C25H31F3NO7P/c1-5-35-37(32,36-6-2)24(29,25(26,27)28)14-10-11-17-15-19(18-12-8-7-9-13-18)21(23(31)34-4)20(16-17)22(30)33-3/h7-9,12-13,15-16H,5-6,10-11,14,29H2,1-4H3. The summed E-state index contributed by atoms with van der Waals surface area (Å²) in [6.45, 7) is 2.21. The molecular formula is C25H31F3NO7P. The molecule has 0 radical (unpaired) electrons. The Bertz CT molecular complexity index is 1130. The molecule has 2 aromatic carbocycles.